The Balaban J connectivity index is 1.81. The van der Waals surface area contributed by atoms with Gasteiger partial charge in [-0.15, -0.1) is 0 Å². The van der Waals surface area contributed by atoms with Crippen molar-refractivity contribution in [1.29, 1.82) is 5.26 Å². The summed E-state index contributed by atoms with van der Waals surface area (Å²) in [5.41, 5.74) is 3.60. The maximum Gasteiger partial charge on any atom is 0.223 e. The van der Waals surface area contributed by atoms with Crippen molar-refractivity contribution < 1.29 is 4.79 Å². The van der Waals surface area contributed by atoms with Crippen LogP contribution in [0.15, 0.2) is 36.5 Å². The van der Waals surface area contributed by atoms with Crippen LogP contribution in [-0.2, 0) is 11.2 Å². The summed E-state index contributed by atoms with van der Waals surface area (Å²) in [6.07, 6.45) is 2.40. The van der Waals surface area contributed by atoms with Gasteiger partial charge in [-0.25, -0.2) is 4.98 Å². The molecule has 1 aliphatic rings. The lowest BCUT2D eigenvalue weighted by Crippen LogP contribution is -2.25. The Hall–Kier alpha value is -2.87. The number of aromatic nitrogens is 1. The Labute approximate surface area is 122 Å². The second kappa shape index (κ2) is 5.25. The molecule has 0 spiro atoms. The number of pyridine rings is 1. The summed E-state index contributed by atoms with van der Waals surface area (Å²) in [7, 11) is 0. The molecule has 0 saturated carbocycles. The number of hydrogen-bond donors (Lipinski definition) is 1. The van der Waals surface area contributed by atoms with E-state index in [1.807, 2.05) is 24.3 Å². The molecule has 1 aromatic heterocycles. The van der Waals surface area contributed by atoms with Crippen molar-refractivity contribution >= 4 is 23.1 Å². The zero-order chi connectivity index (χ0) is 14.8. The van der Waals surface area contributed by atoms with E-state index in [0.717, 1.165) is 29.9 Å². The number of anilines is 3. The smallest absolute Gasteiger partial charge is 0.223 e. The molecule has 104 valence electrons. The lowest BCUT2D eigenvalue weighted by molar-refractivity contribution is -0.116. The third-order valence-corrected chi connectivity index (χ3v) is 3.52. The van der Waals surface area contributed by atoms with E-state index < -0.39 is 0 Å². The summed E-state index contributed by atoms with van der Waals surface area (Å²) < 4.78 is 0. The van der Waals surface area contributed by atoms with Gasteiger partial charge in [-0.1, -0.05) is 0 Å². The van der Waals surface area contributed by atoms with Crippen molar-refractivity contribution in [2.24, 2.45) is 0 Å². The van der Waals surface area contributed by atoms with Gasteiger partial charge >= 0.3 is 0 Å². The fraction of sp³-hybridized carbons (Fsp3) is 0.188. The number of benzene rings is 1. The Morgan fingerprint density at radius 3 is 2.90 bits per heavy atom. The number of fused-ring (bicyclic) bond motifs is 1. The summed E-state index contributed by atoms with van der Waals surface area (Å²) in [6, 6.07) is 11.5. The largest absolute Gasteiger partial charge is 0.340 e. The minimum Gasteiger partial charge on any atom is -0.340 e. The maximum atomic E-state index is 11.5. The van der Waals surface area contributed by atoms with Crippen molar-refractivity contribution in [2.45, 2.75) is 13.3 Å². The molecule has 0 radical (unpaired) electrons. The van der Waals surface area contributed by atoms with E-state index in [0.29, 0.717) is 11.4 Å². The lowest BCUT2D eigenvalue weighted by Gasteiger charge is -2.15. The molecule has 2 aromatic rings. The van der Waals surface area contributed by atoms with Gasteiger partial charge in [0.25, 0.3) is 0 Å². The lowest BCUT2D eigenvalue weighted by atomic mass is 10.1. The van der Waals surface area contributed by atoms with Gasteiger partial charge in [-0.05, 0) is 42.3 Å². The van der Waals surface area contributed by atoms with Crippen LogP contribution in [0.4, 0.5) is 17.2 Å². The highest BCUT2D eigenvalue weighted by atomic mass is 16.2. The molecule has 1 aliphatic heterocycles. The van der Waals surface area contributed by atoms with Crippen LogP contribution in [0, 0.1) is 11.3 Å². The number of amides is 1. The van der Waals surface area contributed by atoms with Crippen molar-refractivity contribution in [1.82, 2.24) is 4.98 Å². The number of nitrogens with zero attached hydrogens (tertiary/aromatic N) is 3. The fourth-order valence-electron chi connectivity index (χ4n) is 2.49. The van der Waals surface area contributed by atoms with Gasteiger partial charge in [0.05, 0.1) is 5.56 Å². The first-order valence-corrected chi connectivity index (χ1v) is 6.71. The summed E-state index contributed by atoms with van der Waals surface area (Å²) in [5, 5.41) is 12.0. The predicted molar refractivity (Wildman–Crippen MR) is 80.4 cm³/mol. The SMILES string of the molecule is CC(=O)N1CCc2cc(Nc3ccc(C#N)cn3)ccc21. The van der Waals surface area contributed by atoms with Crippen LogP contribution < -0.4 is 10.2 Å². The molecular formula is C16H14N4O. The molecule has 1 N–H and O–H groups in total. The molecule has 21 heavy (non-hydrogen) atoms. The van der Waals surface area contributed by atoms with Gasteiger partial charge in [0, 0.05) is 31.0 Å². The highest BCUT2D eigenvalue weighted by Gasteiger charge is 2.22. The topological polar surface area (TPSA) is 69.0 Å². The van der Waals surface area contributed by atoms with Gasteiger partial charge in [0.15, 0.2) is 0 Å². The van der Waals surface area contributed by atoms with Crippen LogP contribution in [0.3, 0.4) is 0 Å². The molecule has 0 unspecified atom stereocenters. The number of rotatable bonds is 2. The fourth-order valence-corrected chi connectivity index (χ4v) is 2.49. The third-order valence-electron chi connectivity index (χ3n) is 3.52. The summed E-state index contributed by atoms with van der Waals surface area (Å²) in [6.45, 7) is 2.32. The monoisotopic (exact) mass is 278 g/mol. The predicted octanol–water partition coefficient (Wildman–Crippen LogP) is 2.61. The Morgan fingerprint density at radius 2 is 2.24 bits per heavy atom. The molecule has 3 rings (SSSR count). The first kappa shape index (κ1) is 13.1. The van der Waals surface area contributed by atoms with Gasteiger partial charge < -0.3 is 10.2 Å². The second-order valence-electron chi connectivity index (χ2n) is 4.93. The molecule has 0 aliphatic carbocycles. The van der Waals surface area contributed by atoms with Crippen LogP contribution in [0.2, 0.25) is 0 Å². The third kappa shape index (κ3) is 2.56. The highest BCUT2D eigenvalue weighted by molar-refractivity contribution is 5.94. The number of carbonyl (C=O) groups is 1. The van der Waals surface area contributed by atoms with E-state index in [1.54, 1.807) is 24.0 Å². The van der Waals surface area contributed by atoms with Crippen LogP contribution in [-0.4, -0.2) is 17.4 Å². The van der Waals surface area contributed by atoms with E-state index in [1.165, 1.54) is 6.20 Å². The standard InChI is InChI=1S/C16H14N4O/c1-11(21)20-7-6-13-8-14(3-4-15(13)20)19-16-5-2-12(9-17)10-18-16/h2-5,8,10H,6-7H2,1H3,(H,18,19). The van der Waals surface area contributed by atoms with Crippen LogP contribution in [0.5, 0.6) is 0 Å². The van der Waals surface area contributed by atoms with E-state index >= 15 is 0 Å². The van der Waals surface area contributed by atoms with Crippen LogP contribution >= 0.6 is 0 Å². The molecule has 0 bridgehead atoms. The Bertz CT molecular complexity index is 731. The highest BCUT2D eigenvalue weighted by Crippen LogP contribution is 2.31. The molecule has 5 nitrogen and oxygen atoms in total. The molecule has 2 heterocycles. The van der Waals surface area contributed by atoms with Crippen LogP contribution in [0.25, 0.3) is 0 Å². The second-order valence-corrected chi connectivity index (χ2v) is 4.93. The Morgan fingerprint density at radius 1 is 1.38 bits per heavy atom. The van der Waals surface area contributed by atoms with E-state index in [4.69, 9.17) is 5.26 Å². The van der Waals surface area contributed by atoms with Crippen molar-refractivity contribution in [2.75, 3.05) is 16.8 Å². The quantitative estimate of drug-likeness (QED) is 0.916. The van der Waals surface area contributed by atoms with Gasteiger partial charge in [-0.2, -0.15) is 5.26 Å². The van der Waals surface area contributed by atoms with Crippen molar-refractivity contribution in [3.05, 3.63) is 47.7 Å². The molecule has 5 heteroatoms. The van der Waals surface area contributed by atoms with Crippen LogP contribution in [0.1, 0.15) is 18.1 Å². The first-order chi connectivity index (χ1) is 10.2. The van der Waals surface area contributed by atoms with Crippen molar-refractivity contribution in [3.8, 4) is 6.07 Å². The minimum atomic E-state index is 0.0724. The number of hydrogen-bond acceptors (Lipinski definition) is 4. The molecule has 0 saturated heterocycles. The zero-order valence-corrected chi connectivity index (χ0v) is 11.6. The maximum absolute atomic E-state index is 11.5. The van der Waals surface area contributed by atoms with Crippen molar-refractivity contribution in [3.63, 3.8) is 0 Å². The molecule has 1 aromatic carbocycles. The van der Waals surface area contributed by atoms with Gasteiger partial charge in [0.1, 0.15) is 11.9 Å². The summed E-state index contributed by atoms with van der Waals surface area (Å²) in [4.78, 5) is 17.5. The molecule has 1 amide bonds. The molecular weight excluding hydrogens is 264 g/mol. The van der Waals surface area contributed by atoms with Gasteiger partial charge in [0.2, 0.25) is 5.91 Å². The van der Waals surface area contributed by atoms with E-state index in [-0.39, 0.29) is 5.91 Å². The average molecular weight is 278 g/mol. The summed E-state index contributed by atoms with van der Waals surface area (Å²) in [5.74, 6) is 0.763. The molecule has 0 fully saturated rings. The summed E-state index contributed by atoms with van der Waals surface area (Å²) >= 11 is 0. The van der Waals surface area contributed by atoms with Gasteiger partial charge in [-0.3, -0.25) is 4.79 Å². The average Bonchev–Trinajstić information content (AvgIpc) is 2.91. The number of nitriles is 1. The van der Waals surface area contributed by atoms with E-state index in [2.05, 4.69) is 10.3 Å². The minimum absolute atomic E-state index is 0.0724. The number of nitrogens with one attached hydrogen (secondary N) is 1. The zero-order valence-electron chi connectivity index (χ0n) is 11.6. The molecule has 0 atom stereocenters. The number of carbonyl (C=O) groups excluding carboxylic acids is 1. The normalized spacial score (nSPS) is 12.7. The van der Waals surface area contributed by atoms with E-state index in [9.17, 15) is 4.79 Å². The Kier molecular flexibility index (Phi) is 3.28. The first-order valence-electron chi connectivity index (χ1n) is 6.71.